The van der Waals surface area contributed by atoms with Crippen molar-refractivity contribution in [2.75, 3.05) is 31.1 Å². The number of nitrogens with zero attached hydrogens (tertiary/aromatic N) is 1. The van der Waals surface area contributed by atoms with Gasteiger partial charge >= 0.3 is 0 Å². The van der Waals surface area contributed by atoms with Crippen LogP contribution in [0, 0.1) is 12.8 Å². The summed E-state index contributed by atoms with van der Waals surface area (Å²) in [5, 5.41) is 6.11. The maximum Gasteiger partial charge on any atom is 0.262 e. The van der Waals surface area contributed by atoms with E-state index in [-0.39, 0.29) is 5.91 Å². The molecule has 0 radical (unpaired) electrons. The third kappa shape index (κ3) is 3.98. The predicted molar refractivity (Wildman–Crippen MR) is 90.9 cm³/mol. The van der Waals surface area contributed by atoms with Crippen molar-refractivity contribution in [2.24, 2.45) is 5.92 Å². The summed E-state index contributed by atoms with van der Waals surface area (Å²) in [6.07, 6.45) is 0.540. The minimum atomic E-state index is -2.78. The van der Waals surface area contributed by atoms with Crippen LogP contribution in [0.1, 0.15) is 18.4 Å². The highest BCUT2D eigenvalue weighted by Crippen LogP contribution is 2.29. The van der Waals surface area contributed by atoms with E-state index in [1.54, 1.807) is 0 Å². The average molecular weight is 358 g/mol. The molecule has 2 saturated heterocycles. The zero-order chi connectivity index (χ0) is 17.3. The minimum absolute atomic E-state index is 0.314. The molecule has 132 valence electrons. The Morgan fingerprint density at radius 2 is 2.29 bits per heavy atom. The van der Waals surface area contributed by atoms with Gasteiger partial charge in [-0.3, -0.25) is 10.1 Å². The van der Waals surface area contributed by atoms with Crippen LogP contribution in [0.5, 0.6) is 0 Å². The third-order valence-corrected chi connectivity index (χ3v) is 5.02. The molecule has 0 aromatic heterocycles. The van der Waals surface area contributed by atoms with Gasteiger partial charge in [-0.05, 0) is 37.0 Å². The highest BCUT2D eigenvalue weighted by atomic mass is 35.5. The summed E-state index contributed by atoms with van der Waals surface area (Å²) in [7, 11) is 0. The third-order valence-electron chi connectivity index (χ3n) is 4.79. The van der Waals surface area contributed by atoms with Gasteiger partial charge in [0.2, 0.25) is 5.91 Å². The lowest BCUT2D eigenvalue weighted by Gasteiger charge is -2.21. The van der Waals surface area contributed by atoms with Gasteiger partial charge in [0.15, 0.2) is 0 Å². The Hall–Kier alpha value is -1.40. The van der Waals surface area contributed by atoms with E-state index in [0.29, 0.717) is 17.5 Å². The number of hydrogen-bond donors (Lipinski definition) is 2. The van der Waals surface area contributed by atoms with Crippen molar-refractivity contribution < 1.29 is 13.6 Å². The van der Waals surface area contributed by atoms with E-state index in [9.17, 15) is 13.6 Å². The van der Waals surface area contributed by atoms with Gasteiger partial charge in [0.1, 0.15) is 0 Å². The van der Waals surface area contributed by atoms with E-state index in [0.717, 1.165) is 25.2 Å². The summed E-state index contributed by atoms with van der Waals surface area (Å²) in [6.45, 7) is 3.87. The van der Waals surface area contributed by atoms with Crippen LogP contribution in [-0.4, -0.2) is 44.1 Å². The Bertz CT molecular complexity index is 626. The van der Waals surface area contributed by atoms with Gasteiger partial charge < -0.3 is 10.2 Å². The second kappa shape index (κ2) is 6.84. The lowest BCUT2D eigenvalue weighted by molar-refractivity contribution is -0.123. The van der Waals surface area contributed by atoms with Gasteiger partial charge in [-0.25, -0.2) is 8.78 Å². The molecule has 3 rings (SSSR count). The highest BCUT2D eigenvalue weighted by Gasteiger charge is 2.42. The standard InChI is InChI=1S/C17H22ClF2N3O/c1-11-2-3-13(18)6-15(11)23-5-4-12(9-23)8-21-16(24)14-7-17(19,20)10-22-14/h2-3,6,12,14,22H,4-5,7-10H2,1H3,(H,21,24). The van der Waals surface area contributed by atoms with Crippen LogP contribution in [0.25, 0.3) is 0 Å². The largest absolute Gasteiger partial charge is 0.371 e. The number of nitrogens with one attached hydrogen (secondary N) is 2. The molecule has 4 nitrogen and oxygen atoms in total. The molecule has 2 fully saturated rings. The Morgan fingerprint density at radius 1 is 1.50 bits per heavy atom. The van der Waals surface area contributed by atoms with E-state index >= 15 is 0 Å². The van der Waals surface area contributed by atoms with E-state index in [1.807, 2.05) is 25.1 Å². The van der Waals surface area contributed by atoms with Gasteiger partial charge in [-0.15, -0.1) is 0 Å². The molecule has 24 heavy (non-hydrogen) atoms. The summed E-state index contributed by atoms with van der Waals surface area (Å²) in [6, 6.07) is 5.05. The molecule has 2 aliphatic rings. The summed E-state index contributed by atoms with van der Waals surface area (Å²) >= 11 is 6.08. The molecule has 2 unspecified atom stereocenters. The second-order valence-electron chi connectivity index (χ2n) is 6.77. The van der Waals surface area contributed by atoms with Crippen LogP contribution in [-0.2, 0) is 4.79 Å². The number of carbonyl (C=O) groups excluding carboxylic acids is 1. The minimum Gasteiger partial charge on any atom is -0.371 e. The second-order valence-corrected chi connectivity index (χ2v) is 7.21. The summed E-state index contributed by atoms with van der Waals surface area (Å²) < 4.78 is 26.3. The van der Waals surface area contributed by atoms with Crippen molar-refractivity contribution in [1.29, 1.82) is 0 Å². The molecule has 2 heterocycles. The molecule has 2 N–H and O–H groups in total. The first-order valence-corrected chi connectivity index (χ1v) is 8.62. The number of hydrogen-bond acceptors (Lipinski definition) is 3. The first kappa shape index (κ1) is 17.4. The van der Waals surface area contributed by atoms with Crippen molar-refractivity contribution in [3.63, 3.8) is 0 Å². The number of alkyl halides is 2. The van der Waals surface area contributed by atoms with Crippen LogP contribution >= 0.6 is 11.6 Å². The Morgan fingerprint density at radius 3 is 3.00 bits per heavy atom. The van der Waals surface area contributed by atoms with E-state index in [2.05, 4.69) is 15.5 Å². The highest BCUT2D eigenvalue weighted by molar-refractivity contribution is 6.30. The fourth-order valence-electron chi connectivity index (χ4n) is 3.41. The van der Waals surface area contributed by atoms with Crippen molar-refractivity contribution in [3.8, 4) is 0 Å². The van der Waals surface area contributed by atoms with Crippen molar-refractivity contribution in [3.05, 3.63) is 28.8 Å². The molecule has 1 aromatic carbocycles. The molecule has 0 aliphatic carbocycles. The topological polar surface area (TPSA) is 44.4 Å². The van der Waals surface area contributed by atoms with Crippen molar-refractivity contribution >= 4 is 23.2 Å². The van der Waals surface area contributed by atoms with E-state index in [1.165, 1.54) is 5.56 Å². The fraction of sp³-hybridized carbons (Fsp3) is 0.588. The quantitative estimate of drug-likeness (QED) is 0.870. The maximum absolute atomic E-state index is 13.1. The molecule has 1 aromatic rings. The molecular formula is C17H22ClF2N3O. The van der Waals surface area contributed by atoms with Gasteiger partial charge in [0.25, 0.3) is 5.92 Å². The van der Waals surface area contributed by atoms with Crippen LogP contribution in [0.4, 0.5) is 14.5 Å². The molecular weight excluding hydrogens is 336 g/mol. The van der Waals surface area contributed by atoms with E-state index < -0.39 is 24.9 Å². The molecule has 2 atom stereocenters. The number of benzene rings is 1. The number of anilines is 1. The first-order chi connectivity index (χ1) is 11.3. The van der Waals surface area contributed by atoms with Crippen LogP contribution in [0.3, 0.4) is 0 Å². The lowest BCUT2D eigenvalue weighted by atomic mass is 10.1. The van der Waals surface area contributed by atoms with Crippen LogP contribution in [0.15, 0.2) is 18.2 Å². The molecule has 2 aliphatic heterocycles. The SMILES string of the molecule is Cc1ccc(Cl)cc1N1CCC(CNC(=O)C2CC(F)(F)CN2)C1. The normalized spacial score (nSPS) is 25.9. The number of carbonyl (C=O) groups is 1. The zero-order valence-corrected chi connectivity index (χ0v) is 14.4. The zero-order valence-electron chi connectivity index (χ0n) is 13.6. The molecule has 0 spiro atoms. The maximum atomic E-state index is 13.1. The van der Waals surface area contributed by atoms with Crippen molar-refractivity contribution in [1.82, 2.24) is 10.6 Å². The number of rotatable bonds is 4. The van der Waals surface area contributed by atoms with Gasteiger partial charge in [0.05, 0.1) is 12.6 Å². The van der Waals surface area contributed by atoms with Gasteiger partial charge in [-0.1, -0.05) is 17.7 Å². The first-order valence-electron chi connectivity index (χ1n) is 8.24. The number of halogens is 3. The molecule has 0 bridgehead atoms. The van der Waals surface area contributed by atoms with E-state index in [4.69, 9.17) is 11.6 Å². The summed E-state index contributed by atoms with van der Waals surface area (Å²) in [5.41, 5.74) is 2.29. The van der Waals surface area contributed by atoms with Gasteiger partial charge in [0, 0.05) is 36.8 Å². The van der Waals surface area contributed by atoms with Crippen molar-refractivity contribution in [2.45, 2.75) is 31.7 Å². The Labute approximate surface area is 145 Å². The lowest BCUT2D eigenvalue weighted by Crippen LogP contribution is -2.42. The molecule has 1 amide bonds. The van der Waals surface area contributed by atoms with Crippen LogP contribution in [0.2, 0.25) is 5.02 Å². The van der Waals surface area contributed by atoms with Crippen LogP contribution < -0.4 is 15.5 Å². The summed E-state index contributed by atoms with van der Waals surface area (Å²) in [5.74, 6) is -2.80. The molecule has 0 saturated carbocycles. The monoisotopic (exact) mass is 357 g/mol. The smallest absolute Gasteiger partial charge is 0.262 e. The molecule has 7 heteroatoms. The predicted octanol–water partition coefficient (Wildman–Crippen LogP) is 2.59. The average Bonchev–Trinajstić information content (AvgIpc) is 3.13. The number of amides is 1. The number of aryl methyl sites for hydroxylation is 1. The Kier molecular flexibility index (Phi) is 4.97. The Balaban J connectivity index is 1.50. The summed E-state index contributed by atoms with van der Waals surface area (Å²) in [4.78, 5) is 14.3. The fourth-order valence-corrected chi connectivity index (χ4v) is 3.58. The van der Waals surface area contributed by atoms with Gasteiger partial charge in [-0.2, -0.15) is 0 Å².